The first kappa shape index (κ1) is 15.4. The second kappa shape index (κ2) is 6.61. The van der Waals surface area contributed by atoms with Gasteiger partial charge in [-0.2, -0.15) is 8.78 Å². The largest absolute Gasteiger partial charge is 0.435 e. The summed E-state index contributed by atoms with van der Waals surface area (Å²) in [5.41, 5.74) is 4.60. The molecule has 0 unspecified atom stereocenters. The number of benzene rings is 1. The van der Waals surface area contributed by atoms with Gasteiger partial charge >= 0.3 is 6.61 Å². The molecule has 21 heavy (non-hydrogen) atoms. The van der Waals surface area contributed by atoms with Crippen LogP contribution < -0.4 is 10.1 Å². The van der Waals surface area contributed by atoms with Gasteiger partial charge in [-0.25, -0.2) is 0 Å². The maximum atomic E-state index is 12.1. The summed E-state index contributed by atoms with van der Waals surface area (Å²) in [5, 5.41) is 3.29. The molecule has 0 amide bonds. The highest BCUT2D eigenvalue weighted by Gasteiger charge is 2.08. The summed E-state index contributed by atoms with van der Waals surface area (Å²) in [6, 6.07) is 8.70. The predicted molar refractivity (Wildman–Crippen MR) is 80.0 cm³/mol. The third-order valence-corrected chi connectivity index (χ3v) is 3.56. The average molecular weight is 294 g/mol. The summed E-state index contributed by atoms with van der Waals surface area (Å²) in [5.74, 6) is 0.166. The van der Waals surface area contributed by atoms with Gasteiger partial charge < -0.3 is 14.6 Å². The predicted octanol–water partition coefficient (Wildman–Crippen LogP) is 4.34. The molecule has 0 spiro atoms. The highest BCUT2D eigenvalue weighted by atomic mass is 19.3. The van der Waals surface area contributed by atoms with Crippen molar-refractivity contribution in [1.82, 2.24) is 4.57 Å². The van der Waals surface area contributed by atoms with Gasteiger partial charge in [0.1, 0.15) is 5.75 Å². The molecule has 0 saturated carbocycles. The number of ether oxygens (including phenoxy) is 1. The zero-order valence-electron chi connectivity index (χ0n) is 12.5. The Labute approximate surface area is 123 Å². The van der Waals surface area contributed by atoms with Crippen molar-refractivity contribution in [3.05, 3.63) is 47.3 Å². The molecule has 2 aromatic rings. The molecule has 0 atom stereocenters. The first-order valence-electron chi connectivity index (χ1n) is 6.95. The van der Waals surface area contributed by atoms with Crippen LogP contribution in [0.3, 0.4) is 0 Å². The van der Waals surface area contributed by atoms with Crippen molar-refractivity contribution in [1.29, 1.82) is 0 Å². The fraction of sp³-hybridized carbons (Fsp3) is 0.375. The number of hydrogen-bond acceptors (Lipinski definition) is 2. The third-order valence-electron chi connectivity index (χ3n) is 3.56. The van der Waals surface area contributed by atoms with Crippen molar-refractivity contribution in [3.8, 4) is 5.75 Å². The van der Waals surface area contributed by atoms with E-state index in [0.717, 1.165) is 12.2 Å². The molecule has 0 aliphatic carbocycles. The van der Waals surface area contributed by atoms with E-state index in [1.807, 2.05) is 0 Å². The summed E-state index contributed by atoms with van der Waals surface area (Å²) in [7, 11) is 0. The fourth-order valence-electron chi connectivity index (χ4n) is 2.49. The van der Waals surface area contributed by atoms with Gasteiger partial charge in [-0.3, -0.25) is 0 Å². The summed E-state index contributed by atoms with van der Waals surface area (Å²) in [6.07, 6.45) is 0. The molecular formula is C16H20F2N2O. The van der Waals surface area contributed by atoms with Crippen LogP contribution in [0.5, 0.6) is 5.75 Å². The number of halogens is 2. The summed E-state index contributed by atoms with van der Waals surface area (Å²) in [4.78, 5) is 0. The molecule has 0 saturated heterocycles. The van der Waals surface area contributed by atoms with Crippen LogP contribution in [-0.2, 0) is 13.1 Å². The van der Waals surface area contributed by atoms with Crippen LogP contribution in [0.4, 0.5) is 14.5 Å². The fourth-order valence-corrected chi connectivity index (χ4v) is 2.49. The zero-order valence-corrected chi connectivity index (χ0v) is 12.5. The number of aromatic nitrogens is 1. The van der Waals surface area contributed by atoms with Gasteiger partial charge in [0.05, 0.1) is 0 Å². The maximum absolute atomic E-state index is 12.1. The van der Waals surface area contributed by atoms with E-state index >= 15 is 0 Å². The third kappa shape index (κ3) is 3.74. The van der Waals surface area contributed by atoms with E-state index in [4.69, 9.17) is 0 Å². The van der Waals surface area contributed by atoms with Gasteiger partial charge in [-0.15, -0.1) is 0 Å². The molecule has 1 aromatic heterocycles. The van der Waals surface area contributed by atoms with Crippen molar-refractivity contribution >= 4 is 5.69 Å². The van der Waals surface area contributed by atoms with E-state index in [1.54, 1.807) is 12.1 Å². The molecule has 0 aliphatic rings. The van der Waals surface area contributed by atoms with Crippen LogP contribution >= 0.6 is 0 Å². The number of nitrogens with zero attached hydrogens (tertiary/aromatic N) is 1. The van der Waals surface area contributed by atoms with Gasteiger partial charge in [-0.05, 0) is 56.7 Å². The topological polar surface area (TPSA) is 26.2 Å². The van der Waals surface area contributed by atoms with Gasteiger partial charge in [0.15, 0.2) is 0 Å². The maximum Gasteiger partial charge on any atom is 0.387 e. The lowest BCUT2D eigenvalue weighted by Gasteiger charge is -2.09. The number of rotatable bonds is 6. The van der Waals surface area contributed by atoms with E-state index in [-0.39, 0.29) is 5.75 Å². The number of hydrogen-bond donors (Lipinski definition) is 1. The molecule has 1 aromatic carbocycles. The zero-order chi connectivity index (χ0) is 15.4. The Morgan fingerprint density at radius 2 is 1.86 bits per heavy atom. The number of anilines is 1. The minimum absolute atomic E-state index is 0.166. The van der Waals surface area contributed by atoms with Crippen molar-refractivity contribution in [2.24, 2.45) is 0 Å². The first-order chi connectivity index (χ1) is 10.0. The second-order valence-electron chi connectivity index (χ2n) is 4.90. The van der Waals surface area contributed by atoms with Crippen LogP contribution in [0.15, 0.2) is 30.3 Å². The Morgan fingerprint density at radius 1 is 1.19 bits per heavy atom. The standard InChI is InChI=1S/C16H20F2N2O/c1-4-20-11(2)9-13(12(20)3)10-19-14-5-7-15(8-6-14)21-16(17)18/h5-9,16,19H,4,10H2,1-3H3. The van der Waals surface area contributed by atoms with Crippen LogP contribution in [0.1, 0.15) is 23.9 Å². The molecule has 1 N–H and O–H groups in total. The lowest BCUT2D eigenvalue weighted by atomic mass is 10.2. The van der Waals surface area contributed by atoms with Crippen LogP contribution in [0, 0.1) is 13.8 Å². The van der Waals surface area contributed by atoms with E-state index in [9.17, 15) is 8.78 Å². The van der Waals surface area contributed by atoms with Crippen LogP contribution in [0.25, 0.3) is 0 Å². The Morgan fingerprint density at radius 3 is 2.38 bits per heavy atom. The van der Waals surface area contributed by atoms with Gasteiger partial charge in [0, 0.05) is 30.2 Å². The molecular weight excluding hydrogens is 274 g/mol. The molecule has 0 fully saturated rings. The monoisotopic (exact) mass is 294 g/mol. The van der Waals surface area contributed by atoms with Crippen LogP contribution in [0.2, 0.25) is 0 Å². The van der Waals surface area contributed by atoms with Crippen molar-refractivity contribution in [2.75, 3.05) is 5.32 Å². The van der Waals surface area contributed by atoms with E-state index in [0.29, 0.717) is 6.54 Å². The Bertz CT molecular complexity index is 591. The first-order valence-corrected chi connectivity index (χ1v) is 6.95. The Hall–Kier alpha value is -2.04. The normalized spacial score (nSPS) is 11.0. The number of aryl methyl sites for hydroxylation is 1. The molecule has 2 rings (SSSR count). The molecule has 0 bridgehead atoms. The highest BCUT2D eigenvalue weighted by Crippen LogP contribution is 2.20. The molecule has 5 heteroatoms. The lowest BCUT2D eigenvalue weighted by molar-refractivity contribution is -0.0498. The summed E-state index contributed by atoms with van der Waals surface area (Å²) >= 11 is 0. The second-order valence-corrected chi connectivity index (χ2v) is 4.90. The Balaban J connectivity index is 2.00. The summed E-state index contributed by atoms with van der Waals surface area (Å²) in [6.45, 7) is 5.19. The average Bonchev–Trinajstić information content (AvgIpc) is 2.71. The quantitative estimate of drug-likeness (QED) is 0.857. The summed E-state index contributed by atoms with van der Waals surface area (Å²) < 4.78 is 30.7. The van der Waals surface area contributed by atoms with Crippen molar-refractivity contribution < 1.29 is 13.5 Å². The lowest BCUT2D eigenvalue weighted by Crippen LogP contribution is -2.04. The SMILES string of the molecule is CCn1c(C)cc(CNc2ccc(OC(F)F)cc2)c1C. The number of nitrogens with one attached hydrogen (secondary N) is 1. The molecule has 0 radical (unpaired) electrons. The Kier molecular flexibility index (Phi) is 4.83. The van der Waals surface area contributed by atoms with Crippen molar-refractivity contribution in [2.45, 2.75) is 40.5 Å². The van der Waals surface area contributed by atoms with Crippen LogP contribution in [-0.4, -0.2) is 11.2 Å². The molecule has 0 aliphatic heterocycles. The number of alkyl halides is 2. The molecule has 3 nitrogen and oxygen atoms in total. The van der Waals surface area contributed by atoms with E-state index in [2.05, 4.69) is 41.5 Å². The van der Waals surface area contributed by atoms with E-state index in [1.165, 1.54) is 29.1 Å². The van der Waals surface area contributed by atoms with E-state index < -0.39 is 6.61 Å². The smallest absolute Gasteiger partial charge is 0.387 e. The highest BCUT2D eigenvalue weighted by molar-refractivity contribution is 5.47. The minimum Gasteiger partial charge on any atom is -0.435 e. The minimum atomic E-state index is -2.79. The van der Waals surface area contributed by atoms with Crippen molar-refractivity contribution in [3.63, 3.8) is 0 Å². The molecule has 114 valence electrons. The van der Waals surface area contributed by atoms with Gasteiger partial charge in [0.2, 0.25) is 0 Å². The molecule has 1 heterocycles. The van der Waals surface area contributed by atoms with Gasteiger partial charge in [0.25, 0.3) is 0 Å². The van der Waals surface area contributed by atoms with Gasteiger partial charge in [-0.1, -0.05) is 0 Å².